The highest BCUT2D eigenvalue weighted by atomic mass is 15.2. The predicted octanol–water partition coefficient (Wildman–Crippen LogP) is 14.0. The number of aryl methyl sites for hydroxylation is 3. The molecule has 0 saturated carbocycles. The van der Waals surface area contributed by atoms with E-state index < -0.39 is 5.41 Å². The third-order valence-corrected chi connectivity index (χ3v) is 12.7. The number of fused-ring (bicyclic) bond motifs is 4. The zero-order valence-electron chi connectivity index (χ0n) is 34.4. The number of anilines is 2. The lowest BCUT2D eigenvalue weighted by Crippen LogP contribution is -2.32. The molecule has 7 aromatic carbocycles. The van der Waals surface area contributed by atoms with Crippen LogP contribution in [0.1, 0.15) is 64.3 Å². The van der Waals surface area contributed by atoms with Gasteiger partial charge in [0.25, 0.3) is 0 Å². The van der Waals surface area contributed by atoms with Crippen LogP contribution in [0.2, 0.25) is 0 Å². The van der Waals surface area contributed by atoms with Gasteiger partial charge in [0.1, 0.15) is 5.82 Å². The summed E-state index contributed by atoms with van der Waals surface area (Å²) in [5, 5.41) is 0. The molecule has 0 fully saturated rings. The third-order valence-electron chi connectivity index (χ3n) is 12.7. The molecule has 1 heterocycles. The van der Waals surface area contributed by atoms with E-state index in [0.717, 1.165) is 47.4 Å². The van der Waals surface area contributed by atoms with Gasteiger partial charge >= 0.3 is 0 Å². The Morgan fingerprint density at radius 1 is 0.644 bits per heavy atom. The van der Waals surface area contributed by atoms with Crippen molar-refractivity contribution in [3.05, 3.63) is 227 Å². The van der Waals surface area contributed by atoms with Crippen LogP contribution in [0.25, 0.3) is 39.2 Å². The first-order valence-corrected chi connectivity index (χ1v) is 21.1. The minimum absolute atomic E-state index is 0.153. The summed E-state index contributed by atoms with van der Waals surface area (Å²) in [7, 11) is 0. The van der Waals surface area contributed by atoms with Crippen LogP contribution in [-0.4, -0.2) is 15.6 Å². The summed E-state index contributed by atoms with van der Waals surface area (Å²) in [5.41, 5.74) is 19.4. The smallest absolute Gasteiger partial charge is 0.145 e. The molecule has 0 spiro atoms. The number of allylic oxidation sites excluding steroid dienone is 4. The van der Waals surface area contributed by atoms with Crippen molar-refractivity contribution < 1.29 is 0 Å². The molecule has 0 N–H and O–H groups in total. The van der Waals surface area contributed by atoms with Gasteiger partial charge in [-0.1, -0.05) is 139 Å². The average Bonchev–Trinajstić information content (AvgIpc) is 3.80. The summed E-state index contributed by atoms with van der Waals surface area (Å²) in [5.74, 6) is 0.982. The normalized spacial score (nSPS) is 14.5. The van der Waals surface area contributed by atoms with Gasteiger partial charge in [0, 0.05) is 28.7 Å². The van der Waals surface area contributed by atoms with Crippen LogP contribution in [0.4, 0.5) is 11.4 Å². The lowest BCUT2D eigenvalue weighted by atomic mass is 9.67. The Morgan fingerprint density at radius 3 is 2.00 bits per heavy atom. The molecule has 8 aromatic rings. The largest absolute Gasteiger partial charge is 0.338 e. The Bertz CT molecular complexity index is 2840. The second-order valence-corrected chi connectivity index (χ2v) is 16.5. The molecule has 0 bridgehead atoms. The molecule has 0 aliphatic heterocycles. The maximum absolute atomic E-state index is 5.22. The fourth-order valence-electron chi connectivity index (χ4n) is 9.78. The van der Waals surface area contributed by atoms with Gasteiger partial charge in [0.05, 0.1) is 16.4 Å². The highest BCUT2D eigenvalue weighted by Gasteiger charge is 2.46. The van der Waals surface area contributed by atoms with Crippen LogP contribution in [0, 0.1) is 20.8 Å². The van der Waals surface area contributed by atoms with Crippen molar-refractivity contribution in [3.63, 3.8) is 0 Å². The number of hydrogen-bond donors (Lipinski definition) is 0. The maximum Gasteiger partial charge on any atom is 0.145 e. The van der Waals surface area contributed by atoms with Crippen LogP contribution >= 0.6 is 0 Å². The molecule has 1 aromatic heterocycles. The molecule has 0 amide bonds. The highest BCUT2D eigenvalue weighted by Crippen LogP contribution is 2.57. The number of aromatic nitrogens is 2. The molecule has 2 aliphatic carbocycles. The molecule has 288 valence electrons. The van der Waals surface area contributed by atoms with Gasteiger partial charge in [-0.05, 0) is 146 Å². The Kier molecular flexibility index (Phi) is 9.25. The summed E-state index contributed by atoms with van der Waals surface area (Å²) < 4.78 is 2.36. The van der Waals surface area contributed by atoms with E-state index >= 15 is 0 Å². The fourth-order valence-corrected chi connectivity index (χ4v) is 9.78. The van der Waals surface area contributed by atoms with Crippen LogP contribution in [-0.2, 0) is 11.8 Å². The summed E-state index contributed by atoms with van der Waals surface area (Å²) in [6.45, 7) is 8.96. The topological polar surface area (TPSA) is 21.1 Å². The monoisotopic (exact) mass is 763 g/mol. The lowest BCUT2D eigenvalue weighted by Gasteiger charge is -2.36. The molecule has 1 atom stereocenters. The van der Waals surface area contributed by atoms with Gasteiger partial charge in [-0.15, -0.1) is 0 Å². The molecule has 0 radical (unpaired) electrons. The maximum atomic E-state index is 5.22. The van der Waals surface area contributed by atoms with Gasteiger partial charge in [-0.2, -0.15) is 0 Å². The zero-order valence-corrected chi connectivity index (χ0v) is 34.4. The number of para-hydroxylation sites is 2. The first-order valence-electron chi connectivity index (χ1n) is 21.1. The first kappa shape index (κ1) is 36.6. The third kappa shape index (κ3) is 6.24. The number of hydrogen-bond acceptors (Lipinski definition) is 2. The number of nitrogens with zero attached hydrogens (tertiary/aromatic N) is 3. The Balaban J connectivity index is 1.15. The summed E-state index contributed by atoms with van der Waals surface area (Å²) in [6, 6.07) is 61.3. The van der Waals surface area contributed by atoms with E-state index in [0.29, 0.717) is 0 Å². The lowest BCUT2D eigenvalue weighted by molar-refractivity contribution is 0.703. The molecule has 59 heavy (non-hydrogen) atoms. The van der Waals surface area contributed by atoms with E-state index in [1.54, 1.807) is 0 Å². The first-order chi connectivity index (χ1) is 28.9. The number of benzene rings is 7. The standard InChI is InChI=1S/C56H49N3/c1-38-22-28-44(29-23-38)56(45-30-24-39(2)25-31-45)51-19-11-10-18-49(51)50-35-34-48(37-52(50)56)58(41(4)36-43-15-9-8-14-40(43)3)47-32-26-42(27-33-47)55-57-53-20-12-13-21-54(53)59(55)46-16-6-5-7-17-46/h5-6,8-16,18-35,37,41H,7,17,36H2,1-4H3. The van der Waals surface area contributed by atoms with Crippen LogP contribution in [0.5, 0.6) is 0 Å². The zero-order chi connectivity index (χ0) is 40.1. The molecule has 3 heteroatoms. The highest BCUT2D eigenvalue weighted by molar-refractivity contribution is 5.89. The van der Waals surface area contributed by atoms with Crippen LogP contribution < -0.4 is 4.90 Å². The molecular weight excluding hydrogens is 715 g/mol. The van der Waals surface area contributed by atoms with E-state index in [1.165, 1.54) is 67.0 Å². The Labute approximate surface area is 348 Å². The quantitative estimate of drug-likeness (QED) is 0.146. The number of imidazole rings is 1. The van der Waals surface area contributed by atoms with Gasteiger partial charge in [-0.25, -0.2) is 4.98 Å². The predicted molar refractivity (Wildman–Crippen MR) is 248 cm³/mol. The number of rotatable bonds is 9. The second-order valence-electron chi connectivity index (χ2n) is 16.5. The molecule has 10 rings (SSSR count). The molecule has 3 nitrogen and oxygen atoms in total. The van der Waals surface area contributed by atoms with E-state index in [2.05, 4.69) is 219 Å². The van der Waals surface area contributed by atoms with Gasteiger partial charge in [0.15, 0.2) is 0 Å². The molecule has 0 saturated heterocycles. The Hall–Kier alpha value is -6.71. The summed E-state index contributed by atoms with van der Waals surface area (Å²) in [6.07, 6.45) is 9.59. The summed E-state index contributed by atoms with van der Waals surface area (Å²) >= 11 is 0. The molecule has 1 unspecified atom stereocenters. The summed E-state index contributed by atoms with van der Waals surface area (Å²) in [4.78, 5) is 7.78. The fraction of sp³-hybridized carbons (Fsp3) is 0.161. The van der Waals surface area contributed by atoms with Crippen molar-refractivity contribution in [2.24, 2.45) is 0 Å². The van der Waals surface area contributed by atoms with Crippen molar-refractivity contribution >= 4 is 28.1 Å². The van der Waals surface area contributed by atoms with Crippen LogP contribution in [0.3, 0.4) is 0 Å². The minimum Gasteiger partial charge on any atom is -0.338 e. The van der Waals surface area contributed by atoms with Gasteiger partial charge in [-0.3, -0.25) is 4.57 Å². The van der Waals surface area contributed by atoms with Gasteiger partial charge in [0.2, 0.25) is 0 Å². The van der Waals surface area contributed by atoms with E-state index in [9.17, 15) is 0 Å². The van der Waals surface area contributed by atoms with Crippen molar-refractivity contribution in [1.29, 1.82) is 0 Å². The van der Waals surface area contributed by atoms with Gasteiger partial charge < -0.3 is 4.90 Å². The van der Waals surface area contributed by atoms with Crippen molar-refractivity contribution in [3.8, 4) is 22.5 Å². The average molecular weight is 764 g/mol. The second kappa shape index (κ2) is 14.9. The van der Waals surface area contributed by atoms with Crippen molar-refractivity contribution in [2.75, 3.05) is 4.90 Å². The minimum atomic E-state index is -0.486. The Morgan fingerprint density at radius 2 is 1.29 bits per heavy atom. The SMILES string of the molecule is Cc1ccc(C2(c3ccc(C)cc3)c3ccccc3-c3ccc(N(c4ccc(-c5nc6ccccc6n5C5=CC=CCC5)cc4)C(C)Cc4ccccc4C)cc32)cc1. The van der Waals surface area contributed by atoms with Crippen molar-refractivity contribution in [2.45, 2.75) is 58.4 Å². The van der Waals surface area contributed by atoms with Crippen molar-refractivity contribution in [1.82, 2.24) is 9.55 Å². The molecular formula is C56H49N3. The van der Waals surface area contributed by atoms with E-state index in [4.69, 9.17) is 4.98 Å². The van der Waals surface area contributed by atoms with E-state index in [-0.39, 0.29) is 6.04 Å². The van der Waals surface area contributed by atoms with E-state index in [1.807, 2.05) is 0 Å². The van der Waals surface area contributed by atoms with Crippen LogP contribution in [0.15, 0.2) is 182 Å². The molecule has 2 aliphatic rings.